The van der Waals surface area contributed by atoms with Gasteiger partial charge in [-0.2, -0.15) is 13.2 Å². The van der Waals surface area contributed by atoms with E-state index >= 15 is 0 Å². The number of amides is 1. The highest BCUT2D eigenvalue weighted by molar-refractivity contribution is 6.01. The van der Waals surface area contributed by atoms with Gasteiger partial charge in [0.1, 0.15) is 17.9 Å². The Balaban J connectivity index is 2.11. The molecule has 0 radical (unpaired) electrons. The Hall–Kier alpha value is -4.29. The van der Waals surface area contributed by atoms with Crippen molar-refractivity contribution in [1.29, 1.82) is 0 Å². The highest BCUT2D eigenvalue weighted by Crippen LogP contribution is 2.44. The number of benzene rings is 2. The van der Waals surface area contributed by atoms with Crippen molar-refractivity contribution in [3.8, 4) is 5.75 Å². The number of hydrogen-bond donors (Lipinski definition) is 2. The monoisotopic (exact) mass is 605 g/mol. The van der Waals surface area contributed by atoms with E-state index in [-0.39, 0.29) is 38.5 Å². The summed E-state index contributed by atoms with van der Waals surface area (Å²) in [5, 5.41) is 14.5. The number of aliphatic hydroxyl groups is 1. The van der Waals surface area contributed by atoms with E-state index in [1.807, 2.05) is 5.32 Å². The largest absolute Gasteiger partial charge is 0.494 e. The van der Waals surface area contributed by atoms with Crippen molar-refractivity contribution in [2.24, 2.45) is 10.1 Å². The van der Waals surface area contributed by atoms with Gasteiger partial charge in [0.2, 0.25) is 5.90 Å². The Morgan fingerprint density at radius 1 is 1.16 bits per heavy atom. The summed E-state index contributed by atoms with van der Waals surface area (Å²) in [6, 6.07) is 13.0. The van der Waals surface area contributed by atoms with Crippen molar-refractivity contribution >= 4 is 17.8 Å². The first-order valence-corrected chi connectivity index (χ1v) is 13.5. The number of hydrogen-bond acceptors (Lipinski definition) is 8. The zero-order valence-corrected chi connectivity index (χ0v) is 24.1. The molecular formula is C29H34F3N5O6. The van der Waals surface area contributed by atoms with Crippen molar-refractivity contribution in [3.63, 3.8) is 0 Å². The van der Waals surface area contributed by atoms with Crippen LogP contribution in [0, 0.1) is 0 Å². The van der Waals surface area contributed by atoms with Gasteiger partial charge in [-0.3, -0.25) is 9.59 Å². The van der Waals surface area contributed by atoms with Crippen LogP contribution in [0.4, 0.5) is 13.2 Å². The number of carbonyl (C=O) groups is 2. The van der Waals surface area contributed by atoms with Crippen LogP contribution in [0.2, 0.25) is 0 Å². The Kier molecular flexibility index (Phi) is 11.0. The van der Waals surface area contributed by atoms with Crippen LogP contribution in [-0.4, -0.2) is 60.0 Å². The lowest BCUT2D eigenvalue weighted by atomic mass is 9.81. The first kappa shape index (κ1) is 33.2. The van der Waals surface area contributed by atoms with Crippen LogP contribution in [0.1, 0.15) is 62.8 Å². The number of aliphatic hydroxyl groups excluding tert-OH is 1. The predicted molar refractivity (Wildman–Crippen MR) is 150 cm³/mol. The van der Waals surface area contributed by atoms with Gasteiger partial charge in [-0.15, -0.1) is 0 Å². The first-order chi connectivity index (χ1) is 20.3. The van der Waals surface area contributed by atoms with Gasteiger partial charge in [-0.1, -0.05) is 29.4 Å². The van der Waals surface area contributed by atoms with Crippen LogP contribution < -0.4 is 10.1 Å². The van der Waals surface area contributed by atoms with Crippen LogP contribution in [0.15, 0.2) is 58.6 Å². The number of halogens is 3. The molecule has 0 saturated heterocycles. The summed E-state index contributed by atoms with van der Waals surface area (Å²) in [6.07, 6.45) is -6.28. The highest BCUT2D eigenvalue weighted by Gasteiger charge is 2.54. The molecule has 2 aromatic rings. The zero-order chi connectivity index (χ0) is 31.7. The van der Waals surface area contributed by atoms with Crippen molar-refractivity contribution in [2.75, 3.05) is 19.8 Å². The summed E-state index contributed by atoms with van der Waals surface area (Å²) < 4.78 is 56.8. The number of alkyl halides is 3. The van der Waals surface area contributed by atoms with E-state index < -0.39 is 41.8 Å². The Morgan fingerprint density at radius 3 is 2.49 bits per heavy atom. The molecule has 1 aliphatic rings. The normalized spacial score (nSPS) is 18.2. The third kappa shape index (κ3) is 9.35. The van der Waals surface area contributed by atoms with Crippen molar-refractivity contribution in [1.82, 2.24) is 5.32 Å². The maximum absolute atomic E-state index is 13.7. The summed E-state index contributed by atoms with van der Waals surface area (Å²) in [4.78, 5) is 33.8. The van der Waals surface area contributed by atoms with Gasteiger partial charge < -0.3 is 24.6 Å². The van der Waals surface area contributed by atoms with E-state index in [0.717, 1.165) is 0 Å². The predicted octanol–water partition coefficient (Wildman–Crippen LogP) is 5.32. The third-order valence-electron chi connectivity index (χ3n) is 6.25. The Bertz CT molecular complexity index is 1350. The van der Waals surface area contributed by atoms with Gasteiger partial charge in [-0.05, 0) is 68.1 Å². The lowest BCUT2D eigenvalue weighted by Gasteiger charge is -2.32. The number of azide groups is 1. The number of ether oxygens (including phenoxy) is 3. The fourth-order valence-electron chi connectivity index (χ4n) is 4.41. The lowest BCUT2D eigenvalue weighted by Crippen LogP contribution is -2.51. The molecule has 3 rings (SSSR count). The molecule has 0 aliphatic carbocycles. The summed E-state index contributed by atoms with van der Waals surface area (Å²) in [7, 11) is 0. The SMILES string of the molecule is CC(C)(C)OC(=O)CC[C@@]1(C(=O)NCC(F)(F)F)N=C(c2ccc(OCCCO)cc2)O[C@@H]1c1ccccc1CN=[N+]=[N-]. The molecule has 2 atom stereocenters. The van der Waals surface area contributed by atoms with Gasteiger partial charge in [0.25, 0.3) is 5.91 Å². The molecule has 0 aromatic heterocycles. The standard InChI is InChI=1S/C29H34F3N5O6/c1-27(2,3)43-23(39)13-14-28(26(40)34-18-29(30,31)32)24(22-8-5-4-7-20(22)17-35-37-33)42-25(36-28)19-9-11-21(12-10-19)41-16-6-15-38/h4-5,7-12,24,38H,6,13-18H2,1-3H3,(H,34,40)/t24-,28-/m1/s1. The zero-order valence-electron chi connectivity index (χ0n) is 24.1. The minimum Gasteiger partial charge on any atom is -0.494 e. The van der Waals surface area contributed by atoms with Gasteiger partial charge >= 0.3 is 12.1 Å². The molecule has 0 saturated carbocycles. The topological polar surface area (TPSA) is 155 Å². The maximum Gasteiger partial charge on any atom is 0.405 e. The van der Waals surface area contributed by atoms with Gasteiger partial charge in [-0.25, -0.2) is 4.99 Å². The molecule has 11 nitrogen and oxygen atoms in total. The molecule has 0 unspecified atom stereocenters. The summed E-state index contributed by atoms with van der Waals surface area (Å²) in [5.74, 6) is -1.33. The summed E-state index contributed by atoms with van der Waals surface area (Å²) >= 11 is 0. The van der Waals surface area contributed by atoms with Crippen LogP contribution in [-0.2, 0) is 25.6 Å². The van der Waals surface area contributed by atoms with Crippen molar-refractivity contribution in [3.05, 3.63) is 75.7 Å². The third-order valence-corrected chi connectivity index (χ3v) is 6.25. The second-order valence-corrected chi connectivity index (χ2v) is 10.8. The number of carbonyl (C=O) groups excluding carboxylic acids is 2. The Morgan fingerprint density at radius 2 is 1.86 bits per heavy atom. The minimum absolute atomic E-state index is 0.0347. The first-order valence-electron chi connectivity index (χ1n) is 13.5. The van der Waals surface area contributed by atoms with E-state index in [0.29, 0.717) is 28.9 Å². The minimum atomic E-state index is -4.71. The van der Waals surface area contributed by atoms with Crippen LogP contribution in [0.5, 0.6) is 5.75 Å². The van der Waals surface area contributed by atoms with Crippen molar-refractivity contribution in [2.45, 2.75) is 70.0 Å². The van der Waals surface area contributed by atoms with E-state index in [2.05, 4.69) is 15.0 Å². The molecule has 0 spiro atoms. The number of aliphatic imine (C=N–C) groups is 1. The molecule has 43 heavy (non-hydrogen) atoms. The van der Waals surface area contributed by atoms with Crippen LogP contribution >= 0.6 is 0 Å². The van der Waals surface area contributed by atoms with Crippen LogP contribution in [0.25, 0.3) is 10.4 Å². The molecular weight excluding hydrogens is 571 g/mol. The molecule has 14 heteroatoms. The summed E-state index contributed by atoms with van der Waals surface area (Å²) in [6.45, 7) is 3.48. The van der Waals surface area contributed by atoms with Gasteiger partial charge in [0.05, 0.1) is 13.2 Å². The van der Waals surface area contributed by atoms with E-state index in [4.69, 9.17) is 24.8 Å². The lowest BCUT2D eigenvalue weighted by molar-refractivity contribution is -0.156. The highest BCUT2D eigenvalue weighted by atomic mass is 19.4. The smallest absolute Gasteiger partial charge is 0.405 e. The average molecular weight is 606 g/mol. The van der Waals surface area contributed by atoms with E-state index in [1.165, 1.54) is 0 Å². The molecule has 232 valence electrons. The molecule has 1 amide bonds. The molecule has 1 aliphatic heterocycles. The molecule has 1 heterocycles. The number of rotatable bonds is 13. The number of esters is 1. The fourth-order valence-corrected chi connectivity index (χ4v) is 4.41. The summed E-state index contributed by atoms with van der Waals surface area (Å²) in [5.41, 5.74) is 7.24. The molecule has 0 fully saturated rings. The van der Waals surface area contributed by atoms with Gasteiger partial charge in [0, 0.05) is 29.9 Å². The van der Waals surface area contributed by atoms with Crippen molar-refractivity contribution < 1.29 is 42.1 Å². The second-order valence-electron chi connectivity index (χ2n) is 10.8. The quantitative estimate of drug-likeness (QED) is 0.104. The second kappa shape index (κ2) is 14.3. The van der Waals surface area contributed by atoms with E-state index in [1.54, 1.807) is 69.3 Å². The van der Waals surface area contributed by atoms with Gasteiger partial charge in [0.15, 0.2) is 11.6 Å². The molecule has 0 bridgehead atoms. The maximum atomic E-state index is 13.7. The molecule has 2 aromatic carbocycles. The number of nitrogens with zero attached hydrogens (tertiary/aromatic N) is 4. The van der Waals surface area contributed by atoms with E-state index in [9.17, 15) is 22.8 Å². The number of nitrogens with one attached hydrogen (secondary N) is 1. The molecule has 2 N–H and O–H groups in total. The Labute approximate surface area is 246 Å². The van der Waals surface area contributed by atoms with Crippen LogP contribution in [0.3, 0.4) is 0 Å². The average Bonchev–Trinajstić information content (AvgIpc) is 3.34. The fraction of sp³-hybridized carbons (Fsp3) is 0.483.